The van der Waals surface area contributed by atoms with E-state index in [1.807, 2.05) is 0 Å². The molecule has 0 spiro atoms. The number of rotatable bonds is 18. The van der Waals surface area contributed by atoms with E-state index in [0.717, 1.165) is 11.5 Å². The summed E-state index contributed by atoms with van der Waals surface area (Å²) in [6, 6.07) is 17.4. The van der Waals surface area contributed by atoms with Crippen LogP contribution in [0.5, 0.6) is 11.5 Å². The second-order valence-electron chi connectivity index (χ2n) is 9.13. The van der Waals surface area contributed by atoms with Gasteiger partial charge in [-0.25, -0.2) is 0 Å². The van der Waals surface area contributed by atoms with E-state index in [-0.39, 0.29) is 59.1 Å². The van der Waals surface area contributed by atoms with Gasteiger partial charge in [-0.05, 0) is 61.1 Å². The second kappa shape index (κ2) is 22.7. The molecule has 0 aliphatic heterocycles. The molecule has 0 fully saturated rings. The van der Waals surface area contributed by atoms with E-state index in [2.05, 4.69) is 62.4 Å². The summed E-state index contributed by atoms with van der Waals surface area (Å²) < 4.78 is 6.05. The first-order valence-corrected chi connectivity index (χ1v) is 13.2. The van der Waals surface area contributed by atoms with E-state index in [9.17, 15) is 0 Å². The van der Waals surface area contributed by atoms with Crippen molar-refractivity contribution in [1.29, 1.82) is 0 Å². The topological polar surface area (TPSA) is 9.23 Å². The molecular formula is C30H48Na2O. The van der Waals surface area contributed by atoms with Gasteiger partial charge in [-0.2, -0.15) is 0 Å². The van der Waals surface area contributed by atoms with Crippen LogP contribution in [-0.4, -0.2) is 59.1 Å². The van der Waals surface area contributed by atoms with E-state index in [1.54, 1.807) is 0 Å². The molecule has 0 saturated heterocycles. The molecule has 0 unspecified atom stereocenters. The molecule has 1 nitrogen and oxygen atoms in total. The molecule has 176 valence electrons. The molecule has 0 amide bonds. The number of aryl methyl sites for hydroxylation is 2. The fourth-order valence-corrected chi connectivity index (χ4v) is 4.16. The summed E-state index contributed by atoms with van der Waals surface area (Å²) in [5, 5.41) is 0. The van der Waals surface area contributed by atoms with Crippen molar-refractivity contribution in [3.8, 4) is 11.5 Å². The summed E-state index contributed by atoms with van der Waals surface area (Å²) in [4.78, 5) is 0. The zero-order valence-electron chi connectivity index (χ0n) is 20.3. The van der Waals surface area contributed by atoms with Crippen LogP contribution in [0.25, 0.3) is 0 Å². The average molecular weight is 471 g/mol. The van der Waals surface area contributed by atoms with Crippen LogP contribution in [0.15, 0.2) is 48.5 Å². The number of benzene rings is 2. The fraction of sp³-hybridized carbons (Fsp3) is 0.600. The Kier molecular flexibility index (Phi) is 22.9. The van der Waals surface area contributed by atoms with Gasteiger partial charge in [0.2, 0.25) is 0 Å². The van der Waals surface area contributed by atoms with Crippen molar-refractivity contribution in [2.24, 2.45) is 0 Å². The normalized spacial score (nSPS) is 10.4. The molecule has 0 heterocycles. The van der Waals surface area contributed by atoms with Crippen molar-refractivity contribution in [2.75, 3.05) is 0 Å². The van der Waals surface area contributed by atoms with Crippen LogP contribution < -0.4 is 4.74 Å². The average Bonchev–Trinajstić information content (AvgIpc) is 2.80. The number of hydrogen-bond donors (Lipinski definition) is 0. The van der Waals surface area contributed by atoms with Crippen LogP contribution in [0, 0.1) is 0 Å². The molecule has 0 bridgehead atoms. The van der Waals surface area contributed by atoms with Crippen molar-refractivity contribution in [2.45, 2.75) is 117 Å². The van der Waals surface area contributed by atoms with E-state index < -0.39 is 0 Å². The Morgan fingerprint density at radius 1 is 0.424 bits per heavy atom. The monoisotopic (exact) mass is 470 g/mol. The van der Waals surface area contributed by atoms with Gasteiger partial charge in [-0.15, -0.1) is 0 Å². The minimum atomic E-state index is 0. The van der Waals surface area contributed by atoms with E-state index in [1.165, 1.54) is 114 Å². The SMILES string of the molecule is CCCCCCCCCc1ccc(Oc2ccc(CCCCCCCCC)cc2)cc1.[NaH].[NaH]. The predicted molar refractivity (Wildman–Crippen MR) is 151 cm³/mol. The third-order valence-corrected chi connectivity index (χ3v) is 6.22. The van der Waals surface area contributed by atoms with Gasteiger partial charge < -0.3 is 4.74 Å². The van der Waals surface area contributed by atoms with Crippen LogP contribution in [-0.2, 0) is 12.8 Å². The second-order valence-corrected chi connectivity index (χ2v) is 9.13. The Morgan fingerprint density at radius 3 is 1.06 bits per heavy atom. The summed E-state index contributed by atoms with van der Waals surface area (Å²) in [7, 11) is 0. The van der Waals surface area contributed by atoms with Crippen LogP contribution in [0.4, 0.5) is 0 Å². The first-order chi connectivity index (χ1) is 15.3. The standard InChI is InChI=1S/C30H46O.2Na.2H/c1-3-5-7-9-11-13-15-17-27-19-23-29(24-20-27)31-30-25-21-28(22-26-30)18-16-14-12-10-8-6-4-2;;;;/h19-26H,3-18H2,1-2H3;;;;. The Balaban J connectivity index is 0.00000512. The summed E-state index contributed by atoms with van der Waals surface area (Å²) in [6.45, 7) is 4.56. The van der Waals surface area contributed by atoms with Crippen molar-refractivity contribution in [1.82, 2.24) is 0 Å². The number of unbranched alkanes of at least 4 members (excludes halogenated alkanes) is 12. The van der Waals surface area contributed by atoms with Gasteiger partial charge in [0.05, 0.1) is 0 Å². The van der Waals surface area contributed by atoms with E-state index in [4.69, 9.17) is 4.74 Å². The van der Waals surface area contributed by atoms with Gasteiger partial charge in [0.25, 0.3) is 0 Å². The quantitative estimate of drug-likeness (QED) is 0.156. The summed E-state index contributed by atoms with van der Waals surface area (Å²) in [6.07, 6.45) is 21.5. The summed E-state index contributed by atoms with van der Waals surface area (Å²) >= 11 is 0. The molecule has 0 atom stereocenters. The van der Waals surface area contributed by atoms with Crippen molar-refractivity contribution in [3.05, 3.63) is 59.7 Å². The predicted octanol–water partition coefficient (Wildman–Crippen LogP) is 8.77. The Bertz CT molecular complexity index is 607. The molecule has 3 heteroatoms. The van der Waals surface area contributed by atoms with Gasteiger partial charge in [0.15, 0.2) is 0 Å². The molecular weight excluding hydrogens is 422 g/mol. The van der Waals surface area contributed by atoms with E-state index in [0.29, 0.717) is 0 Å². The Labute approximate surface area is 249 Å². The van der Waals surface area contributed by atoms with Gasteiger partial charge in [-0.1, -0.05) is 115 Å². The van der Waals surface area contributed by atoms with Gasteiger partial charge in [-0.3, -0.25) is 0 Å². The number of ether oxygens (including phenoxy) is 1. The third-order valence-electron chi connectivity index (χ3n) is 6.22. The van der Waals surface area contributed by atoms with Crippen molar-refractivity contribution in [3.63, 3.8) is 0 Å². The first kappa shape index (κ1) is 33.2. The minimum absolute atomic E-state index is 0. The van der Waals surface area contributed by atoms with Crippen molar-refractivity contribution < 1.29 is 4.74 Å². The first-order valence-electron chi connectivity index (χ1n) is 13.2. The summed E-state index contributed by atoms with van der Waals surface area (Å²) in [5.74, 6) is 1.87. The molecule has 0 saturated carbocycles. The third kappa shape index (κ3) is 16.5. The molecule has 0 aliphatic rings. The molecule has 2 rings (SSSR count). The van der Waals surface area contributed by atoms with Gasteiger partial charge in [0.1, 0.15) is 11.5 Å². The Hall–Kier alpha value is 0.240. The molecule has 33 heavy (non-hydrogen) atoms. The molecule has 2 aromatic carbocycles. The zero-order valence-corrected chi connectivity index (χ0v) is 20.3. The molecule has 0 radical (unpaired) electrons. The van der Waals surface area contributed by atoms with Crippen LogP contribution in [0.2, 0.25) is 0 Å². The van der Waals surface area contributed by atoms with Crippen molar-refractivity contribution >= 4 is 59.1 Å². The van der Waals surface area contributed by atoms with Crippen LogP contribution in [0.3, 0.4) is 0 Å². The van der Waals surface area contributed by atoms with E-state index >= 15 is 0 Å². The fourth-order valence-electron chi connectivity index (χ4n) is 4.16. The van der Waals surface area contributed by atoms with Crippen LogP contribution >= 0.6 is 0 Å². The maximum atomic E-state index is 6.05. The number of hydrogen-bond acceptors (Lipinski definition) is 1. The molecule has 2 aromatic rings. The zero-order chi connectivity index (χ0) is 22.0. The molecule has 0 aromatic heterocycles. The maximum absolute atomic E-state index is 6.05. The summed E-state index contributed by atoms with van der Waals surface area (Å²) in [5.41, 5.74) is 2.84. The molecule has 0 aliphatic carbocycles. The Morgan fingerprint density at radius 2 is 0.727 bits per heavy atom. The van der Waals surface area contributed by atoms with Crippen LogP contribution in [0.1, 0.15) is 115 Å². The molecule has 0 N–H and O–H groups in total. The van der Waals surface area contributed by atoms with Gasteiger partial charge in [0, 0.05) is 0 Å². The van der Waals surface area contributed by atoms with Gasteiger partial charge >= 0.3 is 59.1 Å².